The summed E-state index contributed by atoms with van der Waals surface area (Å²) >= 11 is 0. The molecule has 2 N–H and O–H groups in total. The summed E-state index contributed by atoms with van der Waals surface area (Å²) in [7, 11) is 0. The normalized spacial score (nSPS) is 18.4. The molecule has 0 radical (unpaired) electrons. The van der Waals surface area contributed by atoms with Crippen molar-refractivity contribution in [2.45, 2.75) is 38.6 Å². The summed E-state index contributed by atoms with van der Waals surface area (Å²) in [6.45, 7) is 3.91. The van der Waals surface area contributed by atoms with E-state index in [0.717, 1.165) is 31.1 Å². The first-order chi connectivity index (χ1) is 6.79. The molecule has 78 valence electrons. The fraction of sp³-hybridized carbons (Fsp3) is 0.800. The van der Waals surface area contributed by atoms with Crippen molar-refractivity contribution in [1.29, 1.82) is 0 Å². The van der Waals surface area contributed by atoms with Crippen LogP contribution in [0.3, 0.4) is 0 Å². The van der Waals surface area contributed by atoms with Crippen LogP contribution in [0.1, 0.15) is 37.8 Å². The highest BCUT2D eigenvalue weighted by atomic mass is 15.4. The van der Waals surface area contributed by atoms with Crippen molar-refractivity contribution in [3.63, 3.8) is 0 Å². The third kappa shape index (κ3) is 2.32. The Labute approximate surface area is 84.5 Å². The Kier molecular flexibility index (Phi) is 2.82. The molecule has 0 amide bonds. The lowest BCUT2D eigenvalue weighted by Gasteiger charge is -2.03. The smallest absolute Gasteiger partial charge is 0.0855 e. The summed E-state index contributed by atoms with van der Waals surface area (Å²) in [5.74, 6) is 1.29. The van der Waals surface area contributed by atoms with Crippen LogP contribution in [0.25, 0.3) is 0 Å². The Morgan fingerprint density at radius 1 is 1.64 bits per heavy atom. The molecule has 4 nitrogen and oxygen atoms in total. The fourth-order valence-corrected chi connectivity index (χ4v) is 1.59. The van der Waals surface area contributed by atoms with E-state index in [4.69, 9.17) is 5.73 Å². The maximum absolute atomic E-state index is 5.51. The van der Waals surface area contributed by atoms with Gasteiger partial charge in [-0.3, -0.25) is 4.68 Å². The SMILES string of the molecule is CC(CCN)c1cn(CC2CC2)nn1. The number of hydrogen-bond donors (Lipinski definition) is 1. The number of nitrogens with zero attached hydrogens (tertiary/aromatic N) is 3. The zero-order valence-corrected chi connectivity index (χ0v) is 8.69. The third-order valence-corrected chi connectivity index (χ3v) is 2.80. The average Bonchev–Trinajstić information content (AvgIpc) is 2.82. The van der Waals surface area contributed by atoms with E-state index in [9.17, 15) is 0 Å². The third-order valence-electron chi connectivity index (χ3n) is 2.80. The molecular formula is C10H18N4. The number of rotatable bonds is 5. The maximum Gasteiger partial charge on any atom is 0.0855 e. The molecule has 1 aliphatic carbocycles. The van der Waals surface area contributed by atoms with Crippen LogP contribution in [0.4, 0.5) is 0 Å². The first kappa shape index (κ1) is 9.65. The molecular weight excluding hydrogens is 176 g/mol. The summed E-state index contributed by atoms with van der Waals surface area (Å²) in [6.07, 6.45) is 5.77. The van der Waals surface area contributed by atoms with E-state index in [1.807, 2.05) is 4.68 Å². The Hall–Kier alpha value is -0.900. The van der Waals surface area contributed by atoms with E-state index >= 15 is 0 Å². The minimum absolute atomic E-state index is 0.438. The van der Waals surface area contributed by atoms with Crippen LogP contribution < -0.4 is 5.73 Å². The van der Waals surface area contributed by atoms with Gasteiger partial charge in [0.25, 0.3) is 0 Å². The lowest BCUT2D eigenvalue weighted by Crippen LogP contribution is -2.04. The van der Waals surface area contributed by atoms with Gasteiger partial charge < -0.3 is 5.73 Å². The van der Waals surface area contributed by atoms with E-state index < -0.39 is 0 Å². The summed E-state index contributed by atoms with van der Waals surface area (Å²) < 4.78 is 1.97. The molecule has 0 aromatic carbocycles. The predicted molar refractivity (Wildman–Crippen MR) is 54.8 cm³/mol. The molecule has 1 fully saturated rings. The van der Waals surface area contributed by atoms with Crippen LogP contribution >= 0.6 is 0 Å². The molecule has 2 rings (SSSR count). The highest BCUT2D eigenvalue weighted by Crippen LogP contribution is 2.30. The van der Waals surface area contributed by atoms with Gasteiger partial charge in [0, 0.05) is 18.7 Å². The molecule has 1 unspecified atom stereocenters. The highest BCUT2D eigenvalue weighted by Gasteiger charge is 2.22. The number of aromatic nitrogens is 3. The Morgan fingerprint density at radius 3 is 3.07 bits per heavy atom. The minimum Gasteiger partial charge on any atom is -0.330 e. The highest BCUT2D eigenvalue weighted by molar-refractivity contribution is 5.00. The molecule has 1 heterocycles. The molecule has 0 saturated heterocycles. The zero-order valence-electron chi connectivity index (χ0n) is 8.69. The summed E-state index contributed by atoms with van der Waals surface area (Å²) in [6, 6.07) is 0. The number of nitrogens with two attached hydrogens (primary N) is 1. The van der Waals surface area contributed by atoms with Gasteiger partial charge >= 0.3 is 0 Å². The van der Waals surface area contributed by atoms with Gasteiger partial charge in [0.15, 0.2) is 0 Å². The van der Waals surface area contributed by atoms with E-state index in [1.165, 1.54) is 12.8 Å². The van der Waals surface area contributed by atoms with Crippen molar-refractivity contribution >= 4 is 0 Å². The van der Waals surface area contributed by atoms with Crippen LogP contribution in [0.2, 0.25) is 0 Å². The monoisotopic (exact) mass is 194 g/mol. The van der Waals surface area contributed by atoms with E-state index in [0.29, 0.717) is 5.92 Å². The number of hydrogen-bond acceptors (Lipinski definition) is 3. The van der Waals surface area contributed by atoms with Gasteiger partial charge in [0.05, 0.1) is 5.69 Å². The molecule has 4 heteroatoms. The molecule has 1 saturated carbocycles. The van der Waals surface area contributed by atoms with Gasteiger partial charge in [-0.25, -0.2) is 0 Å². The summed E-state index contributed by atoms with van der Waals surface area (Å²) in [5.41, 5.74) is 6.59. The lowest BCUT2D eigenvalue weighted by atomic mass is 10.1. The van der Waals surface area contributed by atoms with Crippen molar-refractivity contribution in [3.05, 3.63) is 11.9 Å². The van der Waals surface area contributed by atoms with Gasteiger partial charge in [-0.2, -0.15) is 0 Å². The zero-order chi connectivity index (χ0) is 9.97. The molecule has 1 aromatic rings. The van der Waals surface area contributed by atoms with Crippen LogP contribution in [0.5, 0.6) is 0 Å². The Balaban J connectivity index is 1.93. The predicted octanol–water partition coefficient (Wildman–Crippen LogP) is 1.14. The standard InChI is InChI=1S/C10H18N4/c1-8(4-5-11)10-7-14(13-12-10)6-9-2-3-9/h7-9H,2-6,11H2,1H3. The largest absolute Gasteiger partial charge is 0.330 e. The first-order valence-corrected chi connectivity index (χ1v) is 5.39. The van der Waals surface area contributed by atoms with Crippen LogP contribution in [0, 0.1) is 5.92 Å². The van der Waals surface area contributed by atoms with Crippen LogP contribution in [-0.2, 0) is 6.54 Å². The molecule has 1 aliphatic rings. The van der Waals surface area contributed by atoms with Gasteiger partial charge in [-0.15, -0.1) is 5.10 Å². The Bertz CT molecular complexity index is 290. The summed E-state index contributed by atoms with van der Waals surface area (Å²) in [5, 5.41) is 8.30. The second-order valence-electron chi connectivity index (χ2n) is 4.29. The Morgan fingerprint density at radius 2 is 2.43 bits per heavy atom. The van der Waals surface area contributed by atoms with E-state index in [1.54, 1.807) is 0 Å². The average molecular weight is 194 g/mol. The second-order valence-corrected chi connectivity index (χ2v) is 4.29. The van der Waals surface area contributed by atoms with Gasteiger partial charge in [0.2, 0.25) is 0 Å². The van der Waals surface area contributed by atoms with E-state index in [2.05, 4.69) is 23.4 Å². The van der Waals surface area contributed by atoms with Crippen molar-refractivity contribution in [2.24, 2.45) is 11.7 Å². The molecule has 1 atom stereocenters. The summed E-state index contributed by atoms with van der Waals surface area (Å²) in [4.78, 5) is 0. The van der Waals surface area contributed by atoms with Gasteiger partial charge in [-0.05, 0) is 31.7 Å². The van der Waals surface area contributed by atoms with Crippen LogP contribution in [0.15, 0.2) is 6.20 Å². The topological polar surface area (TPSA) is 56.7 Å². The molecule has 0 bridgehead atoms. The lowest BCUT2D eigenvalue weighted by molar-refractivity contribution is 0.544. The van der Waals surface area contributed by atoms with Crippen molar-refractivity contribution in [3.8, 4) is 0 Å². The quantitative estimate of drug-likeness (QED) is 0.764. The first-order valence-electron chi connectivity index (χ1n) is 5.39. The van der Waals surface area contributed by atoms with Gasteiger partial charge in [0.1, 0.15) is 0 Å². The molecule has 0 spiro atoms. The molecule has 1 aromatic heterocycles. The van der Waals surface area contributed by atoms with Crippen molar-refractivity contribution in [1.82, 2.24) is 15.0 Å². The molecule has 0 aliphatic heterocycles. The fourth-order valence-electron chi connectivity index (χ4n) is 1.59. The minimum atomic E-state index is 0.438. The second kappa shape index (κ2) is 4.09. The molecule has 14 heavy (non-hydrogen) atoms. The van der Waals surface area contributed by atoms with Crippen molar-refractivity contribution < 1.29 is 0 Å². The van der Waals surface area contributed by atoms with Crippen LogP contribution in [-0.4, -0.2) is 21.5 Å². The van der Waals surface area contributed by atoms with Crippen molar-refractivity contribution in [2.75, 3.05) is 6.54 Å². The maximum atomic E-state index is 5.51. The van der Waals surface area contributed by atoms with E-state index in [-0.39, 0.29) is 0 Å². The van der Waals surface area contributed by atoms with Gasteiger partial charge in [-0.1, -0.05) is 12.1 Å².